The first-order valence-corrected chi connectivity index (χ1v) is 4.38. The SMILES string of the molecule is COC(=O)c1cc(F)cc2c(=O)[nH]cnc12. The quantitative estimate of drug-likeness (QED) is 0.726. The van der Waals surface area contributed by atoms with Gasteiger partial charge in [0.05, 0.1) is 29.9 Å². The predicted octanol–water partition coefficient (Wildman–Crippen LogP) is 0.849. The highest BCUT2D eigenvalue weighted by molar-refractivity contribution is 6.02. The lowest BCUT2D eigenvalue weighted by molar-refractivity contribution is 0.0602. The highest BCUT2D eigenvalue weighted by Crippen LogP contribution is 2.15. The minimum absolute atomic E-state index is 0.0166. The van der Waals surface area contributed by atoms with Crippen molar-refractivity contribution in [3.05, 3.63) is 40.2 Å². The second-order valence-corrected chi connectivity index (χ2v) is 3.07. The minimum atomic E-state index is -0.734. The Morgan fingerprint density at radius 1 is 1.50 bits per heavy atom. The number of aromatic nitrogens is 2. The van der Waals surface area contributed by atoms with E-state index in [0.717, 1.165) is 18.5 Å². The summed E-state index contributed by atoms with van der Waals surface area (Å²) in [6, 6.07) is 2.01. The monoisotopic (exact) mass is 222 g/mol. The molecule has 0 saturated heterocycles. The first-order chi connectivity index (χ1) is 7.63. The fourth-order valence-corrected chi connectivity index (χ4v) is 1.41. The summed E-state index contributed by atoms with van der Waals surface area (Å²) >= 11 is 0. The molecule has 1 N–H and O–H groups in total. The zero-order valence-corrected chi connectivity index (χ0v) is 8.28. The summed E-state index contributed by atoms with van der Waals surface area (Å²) in [5.74, 6) is -1.42. The number of benzene rings is 1. The molecule has 2 rings (SSSR count). The number of methoxy groups -OCH3 is 1. The van der Waals surface area contributed by atoms with E-state index in [-0.39, 0.29) is 16.5 Å². The molecular formula is C10H7FN2O3. The second-order valence-electron chi connectivity index (χ2n) is 3.07. The first-order valence-electron chi connectivity index (χ1n) is 4.38. The lowest BCUT2D eigenvalue weighted by atomic mass is 10.1. The van der Waals surface area contributed by atoms with E-state index >= 15 is 0 Å². The largest absolute Gasteiger partial charge is 0.465 e. The van der Waals surface area contributed by atoms with Gasteiger partial charge in [-0.05, 0) is 12.1 Å². The Morgan fingerprint density at radius 2 is 2.25 bits per heavy atom. The number of halogens is 1. The number of fused-ring (bicyclic) bond motifs is 1. The number of esters is 1. The minimum Gasteiger partial charge on any atom is -0.465 e. The maximum Gasteiger partial charge on any atom is 0.340 e. The maximum atomic E-state index is 13.2. The number of aromatic amines is 1. The molecule has 0 aliphatic rings. The smallest absolute Gasteiger partial charge is 0.340 e. The summed E-state index contributed by atoms with van der Waals surface area (Å²) < 4.78 is 17.7. The third-order valence-corrected chi connectivity index (χ3v) is 2.11. The van der Waals surface area contributed by atoms with Gasteiger partial charge in [-0.2, -0.15) is 0 Å². The van der Waals surface area contributed by atoms with E-state index in [2.05, 4.69) is 14.7 Å². The molecule has 1 heterocycles. The van der Waals surface area contributed by atoms with Crippen LogP contribution in [0.3, 0.4) is 0 Å². The standard InChI is InChI=1S/C10H7FN2O3/c1-16-10(15)7-3-5(11)2-6-8(7)12-4-13-9(6)14/h2-4H,1H3,(H,12,13,14). The van der Waals surface area contributed by atoms with E-state index in [9.17, 15) is 14.0 Å². The van der Waals surface area contributed by atoms with E-state index < -0.39 is 17.3 Å². The molecule has 0 spiro atoms. The van der Waals surface area contributed by atoms with Gasteiger partial charge in [0, 0.05) is 0 Å². The van der Waals surface area contributed by atoms with Crippen LogP contribution in [0.15, 0.2) is 23.3 Å². The average molecular weight is 222 g/mol. The van der Waals surface area contributed by atoms with Crippen LogP contribution in [0.25, 0.3) is 10.9 Å². The van der Waals surface area contributed by atoms with Crippen LogP contribution in [0, 0.1) is 5.82 Å². The highest BCUT2D eigenvalue weighted by Gasteiger charge is 2.14. The molecule has 0 atom stereocenters. The number of ether oxygens (including phenoxy) is 1. The van der Waals surface area contributed by atoms with Crippen LogP contribution in [0.5, 0.6) is 0 Å². The lowest BCUT2D eigenvalue weighted by Gasteiger charge is -2.03. The van der Waals surface area contributed by atoms with Crippen molar-refractivity contribution in [2.24, 2.45) is 0 Å². The molecule has 0 bridgehead atoms. The Labute approximate surface area is 88.9 Å². The van der Waals surface area contributed by atoms with Gasteiger partial charge in [0.25, 0.3) is 5.56 Å². The van der Waals surface area contributed by atoms with Gasteiger partial charge in [-0.3, -0.25) is 4.79 Å². The van der Waals surface area contributed by atoms with Crippen molar-refractivity contribution in [3.8, 4) is 0 Å². The summed E-state index contributed by atoms with van der Waals surface area (Å²) in [4.78, 5) is 28.9. The van der Waals surface area contributed by atoms with Gasteiger partial charge < -0.3 is 9.72 Å². The number of rotatable bonds is 1. The van der Waals surface area contributed by atoms with Gasteiger partial charge in [-0.15, -0.1) is 0 Å². The molecule has 0 fully saturated rings. The number of hydrogen-bond acceptors (Lipinski definition) is 4. The van der Waals surface area contributed by atoms with Gasteiger partial charge in [-0.25, -0.2) is 14.2 Å². The molecule has 0 amide bonds. The molecule has 0 radical (unpaired) electrons. The van der Waals surface area contributed by atoms with Crippen molar-refractivity contribution >= 4 is 16.9 Å². The zero-order valence-electron chi connectivity index (χ0n) is 8.28. The van der Waals surface area contributed by atoms with Crippen LogP contribution in [-0.4, -0.2) is 23.0 Å². The van der Waals surface area contributed by atoms with Crippen molar-refractivity contribution < 1.29 is 13.9 Å². The number of nitrogens with one attached hydrogen (secondary N) is 1. The van der Waals surface area contributed by atoms with Crippen molar-refractivity contribution in [3.63, 3.8) is 0 Å². The van der Waals surface area contributed by atoms with Crippen LogP contribution in [-0.2, 0) is 4.74 Å². The topological polar surface area (TPSA) is 72.1 Å². The summed E-state index contributed by atoms with van der Waals surface area (Å²) in [7, 11) is 1.17. The summed E-state index contributed by atoms with van der Waals surface area (Å²) in [6.07, 6.45) is 1.15. The average Bonchev–Trinajstić information content (AvgIpc) is 2.28. The van der Waals surface area contributed by atoms with Crippen molar-refractivity contribution in [1.82, 2.24) is 9.97 Å². The van der Waals surface area contributed by atoms with Crippen LogP contribution in [0.1, 0.15) is 10.4 Å². The lowest BCUT2D eigenvalue weighted by Crippen LogP contribution is -2.11. The van der Waals surface area contributed by atoms with Crippen LogP contribution in [0.4, 0.5) is 4.39 Å². The number of carbonyl (C=O) groups is 1. The van der Waals surface area contributed by atoms with E-state index in [4.69, 9.17) is 0 Å². The van der Waals surface area contributed by atoms with E-state index in [0.29, 0.717) is 0 Å². The second kappa shape index (κ2) is 3.73. The first kappa shape index (κ1) is 10.3. The number of nitrogens with zero attached hydrogens (tertiary/aromatic N) is 1. The van der Waals surface area contributed by atoms with Crippen molar-refractivity contribution in [2.45, 2.75) is 0 Å². The fourth-order valence-electron chi connectivity index (χ4n) is 1.41. The van der Waals surface area contributed by atoms with E-state index in [1.165, 1.54) is 7.11 Å². The van der Waals surface area contributed by atoms with Crippen LogP contribution in [0.2, 0.25) is 0 Å². The molecule has 0 aliphatic carbocycles. The molecule has 0 aliphatic heterocycles. The normalized spacial score (nSPS) is 10.4. The predicted molar refractivity (Wildman–Crippen MR) is 53.7 cm³/mol. The number of carbonyl (C=O) groups excluding carboxylic acids is 1. The van der Waals surface area contributed by atoms with Gasteiger partial charge in [0.15, 0.2) is 0 Å². The molecule has 0 unspecified atom stereocenters. The number of H-pyrrole nitrogens is 1. The Morgan fingerprint density at radius 3 is 2.94 bits per heavy atom. The van der Waals surface area contributed by atoms with Gasteiger partial charge >= 0.3 is 5.97 Å². The molecule has 0 saturated carbocycles. The Bertz CT molecular complexity index is 621. The van der Waals surface area contributed by atoms with Crippen LogP contribution < -0.4 is 5.56 Å². The summed E-state index contributed by atoms with van der Waals surface area (Å²) in [5, 5.41) is 0.0166. The van der Waals surface area contributed by atoms with Crippen molar-refractivity contribution in [1.29, 1.82) is 0 Å². The van der Waals surface area contributed by atoms with Gasteiger partial charge in [0.2, 0.25) is 0 Å². The Balaban J connectivity index is 2.88. The molecule has 1 aromatic carbocycles. The molecule has 1 aromatic heterocycles. The number of hydrogen-bond donors (Lipinski definition) is 1. The van der Waals surface area contributed by atoms with Crippen LogP contribution >= 0.6 is 0 Å². The molecule has 82 valence electrons. The van der Waals surface area contributed by atoms with Gasteiger partial charge in [0.1, 0.15) is 5.82 Å². The fraction of sp³-hybridized carbons (Fsp3) is 0.100. The highest BCUT2D eigenvalue weighted by atomic mass is 19.1. The molecule has 16 heavy (non-hydrogen) atoms. The van der Waals surface area contributed by atoms with E-state index in [1.54, 1.807) is 0 Å². The Kier molecular flexibility index (Phi) is 2.40. The maximum absolute atomic E-state index is 13.2. The summed E-state index contributed by atoms with van der Waals surface area (Å²) in [5.41, 5.74) is -0.449. The van der Waals surface area contributed by atoms with Gasteiger partial charge in [-0.1, -0.05) is 0 Å². The third kappa shape index (κ3) is 1.54. The van der Waals surface area contributed by atoms with E-state index in [1.807, 2.05) is 0 Å². The third-order valence-electron chi connectivity index (χ3n) is 2.11. The summed E-state index contributed by atoms with van der Waals surface area (Å²) in [6.45, 7) is 0. The van der Waals surface area contributed by atoms with Crippen molar-refractivity contribution in [2.75, 3.05) is 7.11 Å². The molecule has 5 nitrogen and oxygen atoms in total. The Hall–Kier alpha value is -2.24. The molecule has 6 heteroatoms. The molecular weight excluding hydrogens is 215 g/mol. The molecule has 2 aromatic rings. The zero-order chi connectivity index (χ0) is 11.7.